The fourth-order valence-corrected chi connectivity index (χ4v) is 12.9. The number of nitrogens with zero attached hydrogens (tertiary/aromatic N) is 1. The Bertz CT molecular complexity index is 3520. The first-order valence-corrected chi connectivity index (χ1v) is 22.9. The molecule has 1 spiro atoms. The molecule has 0 bridgehead atoms. The first-order valence-electron chi connectivity index (χ1n) is 21.2. The highest BCUT2D eigenvalue weighted by molar-refractivity contribution is 7.99. The van der Waals surface area contributed by atoms with E-state index in [2.05, 4.69) is 229 Å². The van der Waals surface area contributed by atoms with Crippen molar-refractivity contribution in [2.24, 2.45) is 0 Å². The van der Waals surface area contributed by atoms with Crippen LogP contribution in [0.4, 0.5) is 17.1 Å². The van der Waals surface area contributed by atoms with Crippen LogP contribution in [0.25, 0.3) is 64.3 Å². The highest BCUT2D eigenvalue weighted by atomic mass is 32.2. The standard InChI is InChI=1S/C59H37NS2/c1-3-17-38(18-4-1)47-36-43(37-49-45-24-10-14-28-55(45)62-58(47)49)60(42-21-5-2-6-22-42)54-35-40-20-8-7-19-39(40)33-46(54)41-31-32-51-48(34-41)44-23-9-11-25-50(44)59(51)52-26-12-15-29-56(52)61-57-30-16-13-27-53(57)59/h1-37H. The van der Waals surface area contributed by atoms with Crippen molar-refractivity contribution in [2.45, 2.75) is 15.2 Å². The van der Waals surface area contributed by atoms with Gasteiger partial charge in [-0.15, -0.1) is 11.3 Å². The summed E-state index contributed by atoms with van der Waals surface area (Å²) in [4.78, 5) is 5.13. The number of hydrogen-bond donors (Lipinski definition) is 0. The van der Waals surface area contributed by atoms with Crippen LogP contribution in [0.3, 0.4) is 0 Å². The Labute approximate surface area is 369 Å². The SMILES string of the molecule is c1ccc(-c2cc(N(c3ccccc3)c3cc4ccccc4cc3-c3ccc4c(c3)-c3ccccc3C43c4ccccc4Sc4ccccc43)cc3c2sc2ccccc23)cc1. The van der Waals surface area contributed by atoms with Gasteiger partial charge in [-0.2, -0.15) is 0 Å². The van der Waals surface area contributed by atoms with Crippen molar-refractivity contribution < 1.29 is 0 Å². The molecule has 3 heteroatoms. The first-order chi connectivity index (χ1) is 30.7. The van der Waals surface area contributed by atoms with Crippen LogP contribution in [0.2, 0.25) is 0 Å². The lowest BCUT2D eigenvalue weighted by Crippen LogP contribution is -2.31. The molecule has 10 aromatic carbocycles. The van der Waals surface area contributed by atoms with Gasteiger partial charge < -0.3 is 4.90 Å². The number of benzene rings is 10. The average Bonchev–Trinajstić information content (AvgIpc) is 3.85. The number of rotatable bonds is 5. The van der Waals surface area contributed by atoms with Crippen LogP contribution >= 0.6 is 23.1 Å². The second kappa shape index (κ2) is 13.9. The highest BCUT2D eigenvalue weighted by Gasteiger charge is 2.50. The van der Waals surface area contributed by atoms with Crippen LogP contribution < -0.4 is 4.90 Å². The summed E-state index contributed by atoms with van der Waals surface area (Å²) in [5.74, 6) is 0. The summed E-state index contributed by atoms with van der Waals surface area (Å²) in [6.07, 6.45) is 0. The van der Waals surface area contributed by atoms with Crippen molar-refractivity contribution >= 4 is 71.1 Å². The maximum absolute atomic E-state index is 2.49. The van der Waals surface area contributed by atoms with Crippen LogP contribution in [0, 0.1) is 0 Å². The summed E-state index contributed by atoms with van der Waals surface area (Å²) in [6, 6.07) is 83.6. The summed E-state index contributed by atoms with van der Waals surface area (Å²) in [7, 11) is 0. The zero-order chi connectivity index (χ0) is 40.8. The molecule has 1 nitrogen and oxygen atoms in total. The van der Waals surface area contributed by atoms with Gasteiger partial charge in [0, 0.05) is 52.5 Å². The molecule has 0 saturated carbocycles. The second-order valence-electron chi connectivity index (χ2n) is 16.4. The summed E-state index contributed by atoms with van der Waals surface area (Å²) >= 11 is 3.77. The third-order valence-electron chi connectivity index (χ3n) is 13.1. The molecule has 2 aliphatic rings. The van der Waals surface area contributed by atoms with E-state index in [-0.39, 0.29) is 0 Å². The molecule has 1 aliphatic carbocycles. The Morgan fingerprint density at radius 1 is 0.355 bits per heavy atom. The predicted molar refractivity (Wildman–Crippen MR) is 264 cm³/mol. The van der Waals surface area contributed by atoms with Crippen LogP contribution in [-0.2, 0) is 5.41 Å². The van der Waals surface area contributed by atoms with E-state index in [4.69, 9.17) is 0 Å². The van der Waals surface area contributed by atoms with E-state index in [1.54, 1.807) is 0 Å². The van der Waals surface area contributed by atoms with Gasteiger partial charge in [0.15, 0.2) is 0 Å². The minimum absolute atomic E-state index is 0.419. The normalized spacial score (nSPS) is 13.2. The Morgan fingerprint density at radius 2 is 0.968 bits per heavy atom. The van der Waals surface area contributed by atoms with Crippen molar-refractivity contribution in [1.29, 1.82) is 0 Å². The molecule has 1 aliphatic heterocycles. The Morgan fingerprint density at radius 3 is 1.74 bits per heavy atom. The van der Waals surface area contributed by atoms with Gasteiger partial charge >= 0.3 is 0 Å². The van der Waals surface area contributed by atoms with E-state index in [9.17, 15) is 0 Å². The molecule has 0 atom stereocenters. The van der Waals surface area contributed by atoms with Crippen LogP contribution in [-0.4, -0.2) is 0 Å². The third kappa shape index (κ3) is 5.22. The molecule has 0 unspecified atom stereocenters. The number of fused-ring (bicyclic) bond motifs is 13. The van der Waals surface area contributed by atoms with Crippen molar-refractivity contribution in [2.75, 3.05) is 4.90 Å². The summed E-state index contributed by atoms with van der Waals surface area (Å²) < 4.78 is 2.61. The first kappa shape index (κ1) is 35.6. The lowest BCUT2D eigenvalue weighted by atomic mass is 9.67. The number of para-hydroxylation sites is 1. The molecule has 13 rings (SSSR count). The van der Waals surface area contributed by atoms with Gasteiger partial charge in [-0.25, -0.2) is 0 Å². The fourth-order valence-electron chi connectivity index (χ4n) is 10.4. The monoisotopic (exact) mass is 823 g/mol. The summed E-state index contributed by atoms with van der Waals surface area (Å²) in [5, 5.41) is 4.98. The number of thiophene rings is 1. The topological polar surface area (TPSA) is 3.24 Å². The molecule has 1 aromatic heterocycles. The largest absolute Gasteiger partial charge is 0.310 e. The molecule has 62 heavy (non-hydrogen) atoms. The van der Waals surface area contributed by atoms with Crippen molar-refractivity contribution in [3.63, 3.8) is 0 Å². The van der Waals surface area contributed by atoms with E-state index < -0.39 is 5.41 Å². The van der Waals surface area contributed by atoms with Crippen LogP contribution in [0.15, 0.2) is 234 Å². The van der Waals surface area contributed by atoms with E-state index >= 15 is 0 Å². The molecule has 11 aromatic rings. The van der Waals surface area contributed by atoms with Gasteiger partial charge in [-0.1, -0.05) is 176 Å². The van der Waals surface area contributed by atoms with Crippen LogP contribution in [0.5, 0.6) is 0 Å². The van der Waals surface area contributed by atoms with Gasteiger partial charge in [-0.3, -0.25) is 0 Å². The molecule has 0 radical (unpaired) electrons. The predicted octanol–water partition coefficient (Wildman–Crippen LogP) is 16.8. The average molecular weight is 824 g/mol. The molecule has 0 amide bonds. The van der Waals surface area contributed by atoms with Gasteiger partial charge in [-0.05, 0) is 116 Å². The van der Waals surface area contributed by atoms with E-state index in [0.29, 0.717) is 0 Å². The highest BCUT2D eigenvalue weighted by Crippen LogP contribution is 2.62. The quantitative estimate of drug-likeness (QED) is 0.170. The minimum Gasteiger partial charge on any atom is -0.310 e. The number of hydrogen-bond acceptors (Lipinski definition) is 3. The molecular weight excluding hydrogens is 787 g/mol. The zero-order valence-electron chi connectivity index (χ0n) is 33.6. The van der Waals surface area contributed by atoms with Crippen molar-refractivity contribution in [3.05, 3.63) is 247 Å². The second-order valence-corrected chi connectivity index (χ2v) is 18.5. The Hall–Kier alpha value is -7.17. The molecule has 2 heterocycles. The summed E-state index contributed by atoms with van der Waals surface area (Å²) in [6.45, 7) is 0. The smallest absolute Gasteiger partial charge is 0.0735 e. The van der Waals surface area contributed by atoms with Crippen molar-refractivity contribution in [3.8, 4) is 33.4 Å². The lowest BCUT2D eigenvalue weighted by molar-refractivity contribution is 0.722. The number of anilines is 3. The maximum atomic E-state index is 2.49. The molecule has 0 saturated heterocycles. The van der Waals surface area contributed by atoms with E-state index in [1.165, 1.54) is 96.4 Å². The molecule has 0 N–H and O–H groups in total. The maximum Gasteiger partial charge on any atom is 0.0735 e. The van der Waals surface area contributed by atoms with Gasteiger partial charge in [0.05, 0.1) is 11.1 Å². The third-order valence-corrected chi connectivity index (χ3v) is 15.5. The molecule has 0 fully saturated rings. The van der Waals surface area contributed by atoms with Gasteiger partial charge in [0.25, 0.3) is 0 Å². The van der Waals surface area contributed by atoms with Crippen LogP contribution in [0.1, 0.15) is 22.3 Å². The summed E-state index contributed by atoms with van der Waals surface area (Å²) in [5.41, 5.74) is 15.8. The molecular formula is C59H37NS2. The Balaban J connectivity index is 1.09. The fraction of sp³-hybridized carbons (Fsp3) is 0.0169. The zero-order valence-corrected chi connectivity index (χ0v) is 35.3. The Kier molecular flexibility index (Phi) is 8.00. The van der Waals surface area contributed by atoms with E-state index in [1.807, 2.05) is 23.1 Å². The van der Waals surface area contributed by atoms with E-state index in [0.717, 1.165) is 17.1 Å². The van der Waals surface area contributed by atoms with Gasteiger partial charge in [0.2, 0.25) is 0 Å². The molecule has 290 valence electrons. The van der Waals surface area contributed by atoms with Gasteiger partial charge in [0.1, 0.15) is 0 Å². The lowest BCUT2D eigenvalue weighted by Gasteiger charge is -2.39. The minimum atomic E-state index is -0.419. The van der Waals surface area contributed by atoms with Crippen molar-refractivity contribution in [1.82, 2.24) is 0 Å².